The van der Waals surface area contributed by atoms with Crippen molar-refractivity contribution in [3.8, 4) is 0 Å². The molecule has 0 saturated carbocycles. The number of amides is 1. The Balaban J connectivity index is 2.23. The lowest BCUT2D eigenvalue weighted by atomic mass is 10.0. The van der Waals surface area contributed by atoms with Gasteiger partial charge >= 0.3 is 12.1 Å². The minimum absolute atomic E-state index is 0.101. The molecule has 1 N–H and O–H groups in total. The van der Waals surface area contributed by atoms with E-state index >= 15 is 0 Å². The molecule has 1 unspecified atom stereocenters. The Morgan fingerprint density at radius 2 is 1.88 bits per heavy atom. The van der Waals surface area contributed by atoms with Crippen LogP contribution < -0.4 is 0 Å². The third kappa shape index (κ3) is 5.08. The first-order valence-corrected chi connectivity index (χ1v) is 9.19. The number of aliphatic carboxylic acids is 1. The van der Waals surface area contributed by atoms with Gasteiger partial charge in [-0.25, -0.2) is 9.59 Å². The van der Waals surface area contributed by atoms with E-state index in [0.29, 0.717) is 12.0 Å². The average Bonchev–Trinajstić information content (AvgIpc) is 2.63. The summed E-state index contributed by atoms with van der Waals surface area (Å²) in [5.74, 6) is -1.09. The van der Waals surface area contributed by atoms with E-state index in [1.165, 1.54) is 4.90 Å². The molecular weight excluding hydrogens is 398 g/mol. The Morgan fingerprint density at radius 1 is 1.19 bits per heavy atom. The summed E-state index contributed by atoms with van der Waals surface area (Å²) in [7, 11) is 0. The zero-order valence-electron chi connectivity index (χ0n) is 14.8. The van der Waals surface area contributed by atoms with Gasteiger partial charge in [0.1, 0.15) is 6.61 Å². The third-order valence-electron chi connectivity index (χ3n) is 3.96. The molecule has 2 aromatic carbocycles. The quantitative estimate of drug-likeness (QED) is 0.690. The van der Waals surface area contributed by atoms with Crippen molar-refractivity contribution in [3.63, 3.8) is 0 Å². The van der Waals surface area contributed by atoms with E-state index in [0.717, 1.165) is 15.6 Å². The predicted molar refractivity (Wildman–Crippen MR) is 103 cm³/mol. The van der Waals surface area contributed by atoms with Crippen LogP contribution in [0.5, 0.6) is 0 Å². The smallest absolute Gasteiger partial charge is 0.411 e. The van der Waals surface area contributed by atoms with Crippen molar-refractivity contribution < 1.29 is 19.4 Å². The second-order valence-electron chi connectivity index (χ2n) is 5.98. The summed E-state index contributed by atoms with van der Waals surface area (Å²) in [6, 6.07) is 13.5. The highest BCUT2D eigenvalue weighted by atomic mass is 79.9. The fourth-order valence-electron chi connectivity index (χ4n) is 2.60. The number of carboxylic acids is 1. The van der Waals surface area contributed by atoms with Gasteiger partial charge in [-0.3, -0.25) is 4.90 Å². The number of benzene rings is 2. The van der Waals surface area contributed by atoms with Gasteiger partial charge in [-0.05, 0) is 36.1 Å². The zero-order chi connectivity index (χ0) is 19.1. The molecule has 0 aliphatic heterocycles. The third-order valence-corrected chi connectivity index (χ3v) is 4.82. The molecule has 2 rings (SSSR count). The fourth-order valence-corrected chi connectivity index (χ4v) is 3.00. The fraction of sp³-hybridized carbons (Fsp3) is 0.300. The summed E-state index contributed by atoms with van der Waals surface area (Å²) in [6.07, 6.45) is -0.0168. The first-order chi connectivity index (χ1) is 12.4. The number of ether oxygens (including phenoxy) is 1. The molecule has 2 aromatic rings. The first-order valence-electron chi connectivity index (χ1n) is 8.40. The summed E-state index contributed by atoms with van der Waals surface area (Å²) >= 11 is 3.42. The number of carbonyl (C=O) groups is 2. The number of carbonyl (C=O) groups excluding carboxylic acids is 1. The minimum Gasteiger partial charge on any atom is -0.479 e. The number of hydrogen-bond donors (Lipinski definition) is 1. The normalized spacial score (nSPS) is 11.7. The summed E-state index contributed by atoms with van der Waals surface area (Å²) in [5.41, 5.74) is 2.37. The van der Waals surface area contributed by atoms with E-state index in [9.17, 15) is 14.7 Å². The molecular formula is C20H22BrNO4. The van der Waals surface area contributed by atoms with E-state index in [1.807, 2.05) is 50.2 Å². The summed E-state index contributed by atoms with van der Waals surface area (Å²) in [5, 5.41) is 9.75. The van der Waals surface area contributed by atoms with Crippen LogP contribution in [0, 0.1) is 6.92 Å². The highest BCUT2D eigenvalue weighted by Gasteiger charge is 2.32. The van der Waals surface area contributed by atoms with Crippen molar-refractivity contribution in [1.29, 1.82) is 0 Å². The zero-order valence-corrected chi connectivity index (χ0v) is 16.4. The summed E-state index contributed by atoms with van der Waals surface area (Å²) in [6.45, 7) is 4.20. The molecule has 1 atom stereocenters. The van der Waals surface area contributed by atoms with Gasteiger partial charge in [0.05, 0.1) is 0 Å². The van der Waals surface area contributed by atoms with E-state index in [2.05, 4.69) is 15.9 Å². The van der Waals surface area contributed by atoms with Crippen LogP contribution in [0.2, 0.25) is 0 Å². The van der Waals surface area contributed by atoms with Crippen LogP contribution in [0.1, 0.15) is 36.1 Å². The van der Waals surface area contributed by atoms with Crippen molar-refractivity contribution >= 4 is 28.0 Å². The maximum Gasteiger partial charge on any atom is 0.411 e. The lowest BCUT2D eigenvalue weighted by Gasteiger charge is -2.28. The highest BCUT2D eigenvalue weighted by molar-refractivity contribution is 9.10. The maximum atomic E-state index is 12.6. The lowest BCUT2D eigenvalue weighted by Crippen LogP contribution is -2.39. The molecule has 6 heteroatoms. The monoisotopic (exact) mass is 419 g/mol. The summed E-state index contributed by atoms with van der Waals surface area (Å²) < 4.78 is 6.16. The number of carboxylic acid groups (broad SMARTS) is 1. The van der Waals surface area contributed by atoms with Crippen LogP contribution in [0.3, 0.4) is 0 Å². The van der Waals surface area contributed by atoms with Crippen molar-refractivity contribution in [1.82, 2.24) is 4.90 Å². The van der Waals surface area contributed by atoms with Gasteiger partial charge in [-0.1, -0.05) is 65.3 Å². The standard InChI is InChI=1S/C20H22BrNO4/c1-3-11-22(20(25)26-13-15-7-5-4-6-8-15)18(19(23)24)16-10-9-14(2)17(21)12-16/h4-10,12,18H,3,11,13H2,1-2H3,(H,23,24). The van der Waals surface area contributed by atoms with Crippen molar-refractivity contribution in [2.75, 3.05) is 6.54 Å². The van der Waals surface area contributed by atoms with E-state index < -0.39 is 18.1 Å². The molecule has 0 radical (unpaired) electrons. The van der Waals surface area contributed by atoms with E-state index in [1.54, 1.807) is 12.1 Å². The molecule has 0 saturated heterocycles. The van der Waals surface area contributed by atoms with Crippen molar-refractivity contribution in [2.45, 2.75) is 32.9 Å². The van der Waals surface area contributed by atoms with Gasteiger partial charge in [0.15, 0.2) is 6.04 Å². The molecule has 1 amide bonds. The van der Waals surface area contributed by atoms with Crippen LogP contribution in [0.4, 0.5) is 4.79 Å². The Labute approximate surface area is 161 Å². The van der Waals surface area contributed by atoms with Crippen LogP contribution in [0.25, 0.3) is 0 Å². The minimum atomic E-state index is -1.10. The Hall–Kier alpha value is -2.34. The summed E-state index contributed by atoms with van der Waals surface area (Å²) in [4.78, 5) is 25.8. The van der Waals surface area contributed by atoms with Gasteiger partial charge in [0, 0.05) is 11.0 Å². The lowest BCUT2D eigenvalue weighted by molar-refractivity contribution is -0.143. The number of rotatable bonds is 7. The second-order valence-corrected chi connectivity index (χ2v) is 6.84. The first kappa shape index (κ1) is 20.0. The molecule has 0 heterocycles. The van der Waals surface area contributed by atoms with Crippen molar-refractivity contribution in [2.24, 2.45) is 0 Å². The number of nitrogens with zero attached hydrogens (tertiary/aromatic N) is 1. The Morgan fingerprint density at radius 3 is 2.46 bits per heavy atom. The molecule has 0 aliphatic carbocycles. The van der Waals surface area contributed by atoms with Crippen LogP contribution >= 0.6 is 15.9 Å². The van der Waals surface area contributed by atoms with Crippen molar-refractivity contribution in [3.05, 3.63) is 69.7 Å². The van der Waals surface area contributed by atoms with Crippen LogP contribution in [0.15, 0.2) is 53.0 Å². The van der Waals surface area contributed by atoms with Gasteiger partial charge in [-0.2, -0.15) is 0 Å². The topological polar surface area (TPSA) is 66.8 Å². The molecule has 0 spiro atoms. The maximum absolute atomic E-state index is 12.6. The van der Waals surface area contributed by atoms with Gasteiger partial charge < -0.3 is 9.84 Å². The Bertz CT molecular complexity index is 764. The van der Waals surface area contributed by atoms with Crippen LogP contribution in [-0.2, 0) is 16.1 Å². The molecule has 5 nitrogen and oxygen atoms in total. The average molecular weight is 420 g/mol. The molecule has 0 aliphatic rings. The van der Waals surface area contributed by atoms with E-state index in [-0.39, 0.29) is 13.2 Å². The van der Waals surface area contributed by atoms with Gasteiger partial charge in [0.2, 0.25) is 0 Å². The molecule has 0 bridgehead atoms. The van der Waals surface area contributed by atoms with Gasteiger partial charge in [0.25, 0.3) is 0 Å². The van der Waals surface area contributed by atoms with E-state index in [4.69, 9.17) is 4.74 Å². The molecule has 138 valence electrons. The molecule has 0 fully saturated rings. The number of halogens is 1. The largest absolute Gasteiger partial charge is 0.479 e. The van der Waals surface area contributed by atoms with Crippen LogP contribution in [-0.4, -0.2) is 28.6 Å². The SMILES string of the molecule is CCCN(C(=O)OCc1ccccc1)C(C(=O)O)c1ccc(C)c(Br)c1. The predicted octanol–water partition coefficient (Wildman–Crippen LogP) is 4.93. The second kappa shape index (κ2) is 9.38. The number of aryl methyl sites for hydroxylation is 1. The Kier molecular flexibility index (Phi) is 7.21. The highest BCUT2D eigenvalue weighted by Crippen LogP contribution is 2.27. The number of hydrogen-bond acceptors (Lipinski definition) is 3. The van der Waals surface area contributed by atoms with Gasteiger partial charge in [-0.15, -0.1) is 0 Å². The molecule has 0 aromatic heterocycles. The molecule has 26 heavy (non-hydrogen) atoms.